The third-order valence-electron chi connectivity index (χ3n) is 6.83. The van der Waals surface area contributed by atoms with E-state index in [0.717, 1.165) is 12.0 Å². The highest BCUT2D eigenvalue weighted by molar-refractivity contribution is 5.66. The van der Waals surface area contributed by atoms with Crippen LogP contribution >= 0.6 is 0 Å². The van der Waals surface area contributed by atoms with Crippen LogP contribution in [0.2, 0.25) is 0 Å². The molecule has 0 amide bonds. The number of ether oxygens (including phenoxy) is 2. The molecule has 0 unspecified atom stereocenters. The van der Waals surface area contributed by atoms with Crippen LogP contribution < -0.4 is 0 Å². The first-order valence-corrected chi connectivity index (χ1v) is 10.0. The Balaban J connectivity index is 1.97. The second-order valence-corrected chi connectivity index (χ2v) is 9.15. The fourth-order valence-corrected chi connectivity index (χ4v) is 5.46. The zero-order valence-electron chi connectivity index (χ0n) is 16.8. The van der Waals surface area contributed by atoms with E-state index in [2.05, 4.69) is 33.4 Å². The van der Waals surface area contributed by atoms with Crippen molar-refractivity contribution in [3.05, 3.63) is 23.8 Å². The smallest absolute Gasteiger partial charge is 0.303 e. The lowest BCUT2D eigenvalue weighted by Gasteiger charge is -2.42. The molecule has 146 valence electrons. The summed E-state index contributed by atoms with van der Waals surface area (Å²) in [6.07, 6.45) is 4.71. The number of rotatable bonds is 2. The lowest BCUT2D eigenvalue weighted by atomic mass is 9.62. The Morgan fingerprint density at radius 1 is 1.46 bits per heavy atom. The molecule has 1 aliphatic carbocycles. The van der Waals surface area contributed by atoms with Crippen molar-refractivity contribution < 1.29 is 19.4 Å². The molecule has 2 saturated heterocycles. The average molecular weight is 363 g/mol. The molecule has 4 heteroatoms. The van der Waals surface area contributed by atoms with E-state index in [-0.39, 0.29) is 24.3 Å². The van der Waals surface area contributed by atoms with Gasteiger partial charge in [0.05, 0.1) is 17.8 Å². The second kappa shape index (κ2) is 7.12. The van der Waals surface area contributed by atoms with Crippen LogP contribution in [0.25, 0.3) is 0 Å². The zero-order valence-corrected chi connectivity index (χ0v) is 16.8. The van der Waals surface area contributed by atoms with Crippen LogP contribution in [0.15, 0.2) is 23.8 Å². The summed E-state index contributed by atoms with van der Waals surface area (Å²) in [7, 11) is 0. The first kappa shape index (κ1) is 19.6. The molecule has 2 aliphatic heterocycles. The molecule has 4 nitrogen and oxygen atoms in total. The van der Waals surface area contributed by atoms with Crippen LogP contribution in [-0.4, -0.2) is 35.0 Å². The van der Waals surface area contributed by atoms with Gasteiger partial charge in [-0.3, -0.25) is 4.79 Å². The van der Waals surface area contributed by atoms with Crippen LogP contribution in [-0.2, 0) is 14.3 Å². The van der Waals surface area contributed by atoms with Crippen molar-refractivity contribution in [2.24, 2.45) is 23.7 Å². The van der Waals surface area contributed by atoms with E-state index in [1.807, 2.05) is 6.92 Å². The number of hydrogen-bond acceptors (Lipinski definition) is 4. The van der Waals surface area contributed by atoms with Gasteiger partial charge in [0.25, 0.3) is 0 Å². The molecule has 0 aromatic rings. The SMILES string of the molecule is C=C1C[C@@H]2O[C@@H]([C@H]3[C@@H]2C(C)=CC[C@@H]3C(C)C)[C@](C)(O)CC[C@@H]1OC(C)=O. The fourth-order valence-electron chi connectivity index (χ4n) is 5.46. The minimum absolute atomic E-state index is 0.00191. The molecule has 3 rings (SSSR count). The molecule has 0 saturated carbocycles. The summed E-state index contributed by atoms with van der Waals surface area (Å²) in [5.41, 5.74) is 1.33. The zero-order chi connectivity index (χ0) is 19.2. The molecule has 2 fully saturated rings. The summed E-state index contributed by atoms with van der Waals surface area (Å²) in [5, 5.41) is 11.3. The molecule has 2 bridgehead atoms. The summed E-state index contributed by atoms with van der Waals surface area (Å²) in [5.74, 6) is 1.40. The molecule has 0 aromatic carbocycles. The predicted octanol–water partition coefficient (Wildman–Crippen LogP) is 4.03. The normalized spacial score (nSPS) is 43.2. The largest absolute Gasteiger partial charge is 0.458 e. The molecule has 2 heterocycles. The van der Waals surface area contributed by atoms with E-state index in [4.69, 9.17) is 9.47 Å². The maximum Gasteiger partial charge on any atom is 0.303 e. The molecule has 0 radical (unpaired) electrons. The summed E-state index contributed by atoms with van der Waals surface area (Å²) in [6.45, 7) is 14.3. The Bertz CT molecular complexity index is 603. The molecule has 26 heavy (non-hydrogen) atoms. The summed E-state index contributed by atoms with van der Waals surface area (Å²) in [4.78, 5) is 11.5. The Labute approximate surface area is 157 Å². The summed E-state index contributed by atoms with van der Waals surface area (Å²) in [6, 6.07) is 0. The van der Waals surface area contributed by atoms with Gasteiger partial charge in [-0.2, -0.15) is 0 Å². The van der Waals surface area contributed by atoms with Crippen LogP contribution in [0.3, 0.4) is 0 Å². The first-order valence-electron chi connectivity index (χ1n) is 10.0. The molecule has 1 N–H and O–H groups in total. The molecule has 3 aliphatic rings. The molecule has 7 atom stereocenters. The van der Waals surface area contributed by atoms with Gasteiger partial charge < -0.3 is 14.6 Å². The number of esters is 1. The van der Waals surface area contributed by atoms with E-state index >= 15 is 0 Å². The molecule has 0 spiro atoms. The Morgan fingerprint density at radius 2 is 2.15 bits per heavy atom. The first-order chi connectivity index (χ1) is 12.1. The minimum atomic E-state index is -0.939. The van der Waals surface area contributed by atoms with Gasteiger partial charge in [0.2, 0.25) is 0 Å². The van der Waals surface area contributed by atoms with Crippen molar-refractivity contribution in [1.29, 1.82) is 0 Å². The van der Waals surface area contributed by atoms with Gasteiger partial charge in [0.15, 0.2) is 0 Å². The van der Waals surface area contributed by atoms with Crippen LogP contribution in [0.4, 0.5) is 0 Å². The van der Waals surface area contributed by atoms with Crippen LogP contribution in [0.1, 0.15) is 60.3 Å². The number of aliphatic hydroxyl groups is 1. The van der Waals surface area contributed by atoms with Crippen molar-refractivity contribution in [1.82, 2.24) is 0 Å². The molecule has 0 aromatic heterocycles. The average Bonchev–Trinajstić information content (AvgIpc) is 2.92. The van der Waals surface area contributed by atoms with Crippen molar-refractivity contribution in [2.75, 3.05) is 0 Å². The number of carbonyl (C=O) groups is 1. The topological polar surface area (TPSA) is 55.8 Å². The highest BCUT2D eigenvalue weighted by Crippen LogP contribution is 2.53. The quantitative estimate of drug-likeness (QED) is 0.595. The van der Waals surface area contributed by atoms with E-state index in [1.165, 1.54) is 12.5 Å². The second-order valence-electron chi connectivity index (χ2n) is 9.15. The fraction of sp³-hybridized carbons (Fsp3) is 0.773. The minimum Gasteiger partial charge on any atom is -0.458 e. The predicted molar refractivity (Wildman–Crippen MR) is 102 cm³/mol. The third kappa shape index (κ3) is 3.50. The highest BCUT2D eigenvalue weighted by Gasteiger charge is 2.56. The third-order valence-corrected chi connectivity index (χ3v) is 6.83. The summed E-state index contributed by atoms with van der Waals surface area (Å²) >= 11 is 0. The lowest BCUT2D eigenvalue weighted by Crippen LogP contribution is -2.48. The Kier molecular flexibility index (Phi) is 5.38. The van der Waals surface area contributed by atoms with Gasteiger partial charge >= 0.3 is 5.97 Å². The number of allylic oxidation sites excluding steroid dienone is 1. The number of fused-ring (bicyclic) bond motifs is 5. The van der Waals surface area contributed by atoms with Gasteiger partial charge in [0.1, 0.15) is 6.10 Å². The Hall–Kier alpha value is -1.13. The highest BCUT2D eigenvalue weighted by atomic mass is 16.5. The van der Waals surface area contributed by atoms with E-state index in [1.54, 1.807) is 0 Å². The van der Waals surface area contributed by atoms with Crippen LogP contribution in [0.5, 0.6) is 0 Å². The van der Waals surface area contributed by atoms with Gasteiger partial charge in [-0.05, 0) is 56.9 Å². The van der Waals surface area contributed by atoms with Crippen molar-refractivity contribution in [2.45, 2.75) is 84.2 Å². The lowest BCUT2D eigenvalue weighted by molar-refractivity contribution is -0.146. The standard InChI is InChI=1S/C22H34O4/c1-12(2)16-8-7-13(3)19-18-11-14(4)17(25-15(5)23)9-10-22(6,24)21(26-18)20(16)19/h7,12,16-21,24H,4,8-11H2,1-3,5-6H3/t16-,17+,18+,19-,20-,21+,22-/m1/s1. The monoisotopic (exact) mass is 362 g/mol. The van der Waals surface area contributed by atoms with Crippen molar-refractivity contribution in [3.8, 4) is 0 Å². The van der Waals surface area contributed by atoms with Gasteiger partial charge in [0, 0.05) is 18.8 Å². The van der Waals surface area contributed by atoms with E-state index < -0.39 is 5.60 Å². The van der Waals surface area contributed by atoms with Crippen molar-refractivity contribution in [3.63, 3.8) is 0 Å². The van der Waals surface area contributed by atoms with Crippen molar-refractivity contribution >= 4 is 5.97 Å². The van der Waals surface area contributed by atoms with E-state index in [0.29, 0.717) is 42.9 Å². The van der Waals surface area contributed by atoms with Crippen LogP contribution in [0, 0.1) is 23.7 Å². The molecular weight excluding hydrogens is 328 g/mol. The Morgan fingerprint density at radius 3 is 2.77 bits per heavy atom. The van der Waals surface area contributed by atoms with Gasteiger partial charge in [-0.1, -0.05) is 32.1 Å². The molecular formula is C22H34O4. The van der Waals surface area contributed by atoms with Gasteiger partial charge in [-0.25, -0.2) is 0 Å². The number of carbonyl (C=O) groups excluding carboxylic acids is 1. The summed E-state index contributed by atoms with van der Waals surface area (Å²) < 4.78 is 12.0. The maximum atomic E-state index is 11.5. The van der Waals surface area contributed by atoms with Gasteiger partial charge in [-0.15, -0.1) is 0 Å². The number of hydrogen-bond donors (Lipinski definition) is 1. The maximum absolute atomic E-state index is 11.5. The van der Waals surface area contributed by atoms with E-state index in [9.17, 15) is 9.90 Å².